The van der Waals surface area contributed by atoms with Crippen LogP contribution in [-0.2, 0) is 4.79 Å². The summed E-state index contributed by atoms with van der Waals surface area (Å²) >= 11 is 1.42. The standard InChI is InChI=1S/C21H26FNOS/c1-15-7-6-12-21(2,3)19(15)11-10-18(24)14-20(25-4)23-17-9-5-8-16(22)13-17/h5,8-11,13-14,23H,6-7,12H2,1-4H3/b11-10+,20-14+. The maximum atomic E-state index is 13.3. The molecule has 0 saturated carbocycles. The number of halogens is 1. The van der Waals surface area contributed by atoms with Gasteiger partial charge in [0, 0.05) is 11.8 Å². The van der Waals surface area contributed by atoms with Crippen molar-refractivity contribution in [2.75, 3.05) is 11.6 Å². The van der Waals surface area contributed by atoms with Gasteiger partial charge in [0.15, 0.2) is 5.78 Å². The molecule has 0 heterocycles. The number of anilines is 1. The van der Waals surface area contributed by atoms with Crippen LogP contribution in [0.5, 0.6) is 0 Å². The molecule has 2 nitrogen and oxygen atoms in total. The van der Waals surface area contributed by atoms with Gasteiger partial charge in [0.2, 0.25) is 0 Å². The van der Waals surface area contributed by atoms with E-state index in [1.165, 1.54) is 41.5 Å². The molecule has 0 bridgehead atoms. The quantitative estimate of drug-likeness (QED) is 0.623. The van der Waals surface area contributed by atoms with Gasteiger partial charge in [-0.2, -0.15) is 0 Å². The van der Waals surface area contributed by atoms with E-state index in [9.17, 15) is 9.18 Å². The maximum absolute atomic E-state index is 13.3. The van der Waals surface area contributed by atoms with E-state index in [-0.39, 0.29) is 17.0 Å². The Morgan fingerprint density at radius 2 is 2.12 bits per heavy atom. The summed E-state index contributed by atoms with van der Waals surface area (Å²) in [5, 5.41) is 3.77. The number of allylic oxidation sites excluding steroid dienone is 5. The minimum Gasteiger partial charge on any atom is -0.350 e. The molecule has 1 aliphatic carbocycles. The van der Waals surface area contributed by atoms with Gasteiger partial charge in [-0.25, -0.2) is 4.39 Å². The van der Waals surface area contributed by atoms with Gasteiger partial charge in [0.1, 0.15) is 5.82 Å². The number of rotatable bonds is 6. The summed E-state index contributed by atoms with van der Waals surface area (Å²) in [5.74, 6) is -0.381. The monoisotopic (exact) mass is 359 g/mol. The fourth-order valence-electron chi connectivity index (χ4n) is 3.21. The molecular weight excluding hydrogens is 333 g/mol. The van der Waals surface area contributed by atoms with Gasteiger partial charge in [-0.3, -0.25) is 4.79 Å². The Kier molecular flexibility index (Phi) is 6.65. The Labute approximate surface area is 154 Å². The van der Waals surface area contributed by atoms with E-state index < -0.39 is 0 Å². The molecule has 0 fully saturated rings. The van der Waals surface area contributed by atoms with Crippen molar-refractivity contribution in [2.45, 2.75) is 40.0 Å². The zero-order valence-corrected chi connectivity index (χ0v) is 16.2. The molecule has 0 spiro atoms. The Morgan fingerprint density at radius 3 is 2.76 bits per heavy atom. The van der Waals surface area contributed by atoms with Gasteiger partial charge < -0.3 is 5.32 Å². The molecule has 0 aliphatic heterocycles. The number of carbonyl (C=O) groups is 1. The molecule has 25 heavy (non-hydrogen) atoms. The van der Waals surface area contributed by atoms with Crippen LogP contribution in [0.15, 0.2) is 58.7 Å². The fraction of sp³-hybridized carbons (Fsp3) is 0.381. The van der Waals surface area contributed by atoms with Crippen LogP contribution in [0.2, 0.25) is 0 Å². The number of thioether (sulfide) groups is 1. The van der Waals surface area contributed by atoms with Crippen LogP contribution in [0.1, 0.15) is 40.0 Å². The van der Waals surface area contributed by atoms with Crippen LogP contribution < -0.4 is 5.32 Å². The summed E-state index contributed by atoms with van der Waals surface area (Å²) < 4.78 is 13.3. The second-order valence-corrected chi connectivity index (χ2v) is 7.86. The Balaban J connectivity index is 2.12. The first-order valence-electron chi connectivity index (χ1n) is 8.52. The highest BCUT2D eigenvalue weighted by atomic mass is 32.2. The molecule has 1 aromatic rings. The van der Waals surface area contributed by atoms with Crippen molar-refractivity contribution in [3.8, 4) is 0 Å². The van der Waals surface area contributed by atoms with Gasteiger partial charge >= 0.3 is 0 Å². The topological polar surface area (TPSA) is 29.1 Å². The largest absolute Gasteiger partial charge is 0.350 e. The number of hydrogen-bond acceptors (Lipinski definition) is 3. The summed E-state index contributed by atoms with van der Waals surface area (Å²) in [6.07, 6.45) is 10.5. The third-order valence-corrected chi connectivity index (χ3v) is 5.20. The molecule has 0 aromatic heterocycles. The molecule has 0 saturated heterocycles. The molecule has 0 atom stereocenters. The maximum Gasteiger partial charge on any atom is 0.181 e. The molecule has 0 unspecified atom stereocenters. The van der Waals surface area contributed by atoms with Gasteiger partial charge in [0.25, 0.3) is 0 Å². The van der Waals surface area contributed by atoms with Crippen molar-refractivity contribution in [3.05, 3.63) is 64.5 Å². The Morgan fingerprint density at radius 1 is 1.36 bits per heavy atom. The zero-order valence-electron chi connectivity index (χ0n) is 15.4. The highest BCUT2D eigenvalue weighted by molar-refractivity contribution is 8.02. The van der Waals surface area contributed by atoms with E-state index in [1.54, 1.807) is 24.3 Å². The van der Waals surface area contributed by atoms with E-state index in [1.807, 2.05) is 12.3 Å². The molecule has 4 heteroatoms. The SMILES string of the molecule is CS/C(=C/C(=O)/C=C/C1=C(C)CCCC1(C)C)Nc1cccc(F)c1. The molecule has 0 radical (unpaired) electrons. The predicted octanol–water partition coefficient (Wildman–Crippen LogP) is 6.09. The minimum absolute atomic E-state index is 0.0741. The van der Waals surface area contributed by atoms with Gasteiger partial charge in [-0.05, 0) is 67.7 Å². The van der Waals surface area contributed by atoms with Crippen molar-refractivity contribution < 1.29 is 9.18 Å². The van der Waals surface area contributed by atoms with E-state index in [4.69, 9.17) is 0 Å². The first-order chi connectivity index (χ1) is 11.8. The number of ketones is 1. The lowest BCUT2D eigenvalue weighted by atomic mass is 9.72. The molecule has 0 amide bonds. The van der Waals surface area contributed by atoms with Crippen molar-refractivity contribution in [2.24, 2.45) is 5.41 Å². The first-order valence-corrected chi connectivity index (χ1v) is 9.75. The summed E-state index contributed by atoms with van der Waals surface area (Å²) in [6.45, 7) is 6.61. The fourth-order valence-corrected chi connectivity index (χ4v) is 3.66. The Bertz CT molecular complexity index is 731. The molecule has 1 N–H and O–H groups in total. The lowest BCUT2D eigenvalue weighted by Gasteiger charge is -2.32. The van der Waals surface area contributed by atoms with Gasteiger partial charge in [-0.1, -0.05) is 31.6 Å². The molecule has 1 aromatic carbocycles. The Hall–Kier alpha value is -1.81. The van der Waals surface area contributed by atoms with Crippen LogP contribution in [0, 0.1) is 11.2 Å². The molecule has 2 rings (SSSR count). The summed E-state index contributed by atoms with van der Waals surface area (Å²) in [6, 6.07) is 6.20. The number of benzene rings is 1. The summed E-state index contributed by atoms with van der Waals surface area (Å²) in [4.78, 5) is 12.3. The van der Waals surface area contributed by atoms with Crippen molar-refractivity contribution in [1.82, 2.24) is 0 Å². The second-order valence-electron chi connectivity index (χ2n) is 7.02. The van der Waals surface area contributed by atoms with Crippen molar-refractivity contribution in [3.63, 3.8) is 0 Å². The van der Waals surface area contributed by atoms with E-state index in [2.05, 4.69) is 26.1 Å². The molecule has 1 aliphatic rings. The van der Waals surface area contributed by atoms with Crippen LogP contribution >= 0.6 is 11.8 Å². The van der Waals surface area contributed by atoms with Crippen molar-refractivity contribution >= 4 is 23.2 Å². The number of nitrogens with one attached hydrogen (secondary N) is 1. The smallest absolute Gasteiger partial charge is 0.181 e. The number of carbonyl (C=O) groups excluding carboxylic acids is 1. The lowest BCUT2D eigenvalue weighted by Crippen LogP contribution is -2.19. The lowest BCUT2D eigenvalue weighted by molar-refractivity contribution is -0.110. The van der Waals surface area contributed by atoms with Crippen LogP contribution in [0.3, 0.4) is 0 Å². The van der Waals surface area contributed by atoms with Gasteiger partial charge in [0.05, 0.1) is 5.03 Å². The number of hydrogen-bond donors (Lipinski definition) is 1. The van der Waals surface area contributed by atoms with E-state index in [0.717, 1.165) is 12.8 Å². The highest BCUT2D eigenvalue weighted by Crippen LogP contribution is 2.40. The van der Waals surface area contributed by atoms with Crippen LogP contribution in [0.4, 0.5) is 10.1 Å². The summed E-state index contributed by atoms with van der Waals surface area (Å²) in [5.41, 5.74) is 3.38. The molecular formula is C21H26FNOS. The third-order valence-electron chi connectivity index (χ3n) is 4.54. The van der Waals surface area contributed by atoms with Gasteiger partial charge in [-0.15, -0.1) is 11.8 Å². The average Bonchev–Trinajstić information content (AvgIpc) is 2.53. The first kappa shape index (κ1) is 19.5. The van der Waals surface area contributed by atoms with Crippen LogP contribution in [0.25, 0.3) is 0 Å². The third kappa shape index (κ3) is 5.60. The summed E-state index contributed by atoms with van der Waals surface area (Å²) in [7, 11) is 0. The van der Waals surface area contributed by atoms with E-state index in [0.29, 0.717) is 10.7 Å². The van der Waals surface area contributed by atoms with Crippen molar-refractivity contribution in [1.29, 1.82) is 0 Å². The zero-order chi connectivity index (χ0) is 18.4. The predicted molar refractivity (Wildman–Crippen MR) is 106 cm³/mol. The minimum atomic E-state index is -0.307. The van der Waals surface area contributed by atoms with Crippen LogP contribution in [-0.4, -0.2) is 12.0 Å². The second kappa shape index (κ2) is 8.52. The average molecular weight is 360 g/mol. The molecule has 134 valence electrons. The normalized spacial score (nSPS) is 17.9. The van der Waals surface area contributed by atoms with E-state index >= 15 is 0 Å². The highest BCUT2D eigenvalue weighted by Gasteiger charge is 2.26.